The first-order valence-corrected chi connectivity index (χ1v) is 8.77. The highest BCUT2D eigenvalue weighted by atomic mass is 16.5. The first kappa shape index (κ1) is 20.6. The number of phenolic OH excluding ortho intramolecular Hbond substituents is 1. The predicted molar refractivity (Wildman–Crippen MR) is 110 cm³/mol. The van der Waals surface area contributed by atoms with Gasteiger partial charge in [-0.05, 0) is 18.2 Å². The van der Waals surface area contributed by atoms with Crippen LogP contribution < -0.4 is 25.2 Å². The molecule has 3 rings (SSSR count). The summed E-state index contributed by atoms with van der Waals surface area (Å²) in [5, 5.41) is 14.0. The van der Waals surface area contributed by atoms with Gasteiger partial charge in [-0.2, -0.15) is 5.10 Å². The van der Waals surface area contributed by atoms with Gasteiger partial charge in [0.25, 0.3) is 11.5 Å². The number of hydrogen-bond donors (Lipinski definition) is 2. The number of carbonyl (C=O) groups is 1. The molecule has 1 heterocycles. The van der Waals surface area contributed by atoms with Crippen molar-refractivity contribution >= 4 is 23.0 Å². The molecule has 0 bridgehead atoms. The van der Waals surface area contributed by atoms with Crippen LogP contribution in [0, 0.1) is 0 Å². The predicted octanol–water partition coefficient (Wildman–Crippen LogP) is 1.28. The number of fused-ring (bicyclic) bond motifs is 1. The quantitative estimate of drug-likeness (QED) is 0.442. The lowest BCUT2D eigenvalue weighted by Crippen LogP contribution is -2.30. The summed E-state index contributed by atoms with van der Waals surface area (Å²) in [6, 6.07) is 7.76. The summed E-state index contributed by atoms with van der Waals surface area (Å²) in [6.45, 7) is -0.290. The molecule has 0 unspecified atom stereocenters. The van der Waals surface area contributed by atoms with E-state index >= 15 is 0 Å². The molecule has 0 atom stereocenters. The topological polar surface area (TPSA) is 124 Å². The van der Waals surface area contributed by atoms with E-state index in [4.69, 9.17) is 14.2 Å². The molecule has 2 N–H and O–H groups in total. The summed E-state index contributed by atoms with van der Waals surface area (Å²) in [5.74, 6) is 0.735. The summed E-state index contributed by atoms with van der Waals surface area (Å²) in [5.41, 5.74) is 2.71. The van der Waals surface area contributed by atoms with Crippen molar-refractivity contribution in [2.24, 2.45) is 5.10 Å². The molecule has 156 valence electrons. The fourth-order valence-electron chi connectivity index (χ4n) is 2.72. The molecule has 0 saturated heterocycles. The van der Waals surface area contributed by atoms with E-state index in [9.17, 15) is 14.7 Å². The Morgan fingerprint density at radius 3 is 2.57 bits per heavy atom. The van der Waals surface area contributed by atoms with Gasteiger partial charge in [0.2, 0.25) is 0 Å². The van der Waals surface area contributed by atoms with E-state index < -0.39 is 11.5 Å². The second kappa shape index (κ2) is 8.95. The minimum absolute atomic E-state index is 0.0494. The zero-order chi connectivity index (χ0) is 21.7. The lowest BCUT2D eigenvalue weighted by Gasteiger charge is -2.10. The summed E-state index contributed by atoms with van der Waals surface area (Å²) >= 11 is 0. The number of hydrazone groups is 1. The minimum Gasteiger partial charge on any atom is -0.507 e. The summed E-state index contributed by atoms with van der Waals surface area (Å²) in [4.78, 5) is 29.1. The Balaban J connectivity index is 1.75. The molecule has 3 aromatic rings. The Labute approximate surface area is 171 Å². The van der Waals surface area contributed by atoms with Crippen LogP contribution >= 0.6 is 0 Å². The van der Waals surface area contributed by atoms with Gasteiger partial charge in [-0.1, -0.05) is 0 Å². The number of aromatic nitrogens is 2. The average Bonchev–Trinajstić information content (AvgIpc) is 2.76. The maximum atomic E-state index is 12.7. The highest BCUT2D eigenvalue weighted by Crippen LogP contribution is 2.29. The molecule has 1 amide bonds. The van der Waals surface area contributed by atoms with E-state index in [1.165, 1.54) is 46.0 Å². The van der Waals surface area contributed by atoms with Crippen molar-refractivity contribution in [2.45, 2.75) is 6.54 Å². The molecule has 0 aliphatic carbocycles. The Hall–Kier alpha value is -4.08. The van der Waals surface area contributed by atoms with Gasteiger partial charge in [0.05, 0.1) is 44.8 Å². The second-order valence-corrected chi connectivity index (χ2v) is 6.12. The number of amides is 1. The van der Waals surface area contributed by atoms with Gasteiger partial charge in [0, 0.05) is 17.7 Å². The first-order chi connectivity index (χ1) is 14.5. The zero-order valence-electron chi connectivity index (χ0n) is 16.6. The van der Waals surface area contributed by atoms with Crippen LogP contribution in [0.1, 0.15) is 5.56 Å². The van der Waals surface area contributed by atoms with Crippen molar-refractivity contribution in [3.8, 4) is 23.0 Å². The number of methoxy groups -OCH3 is 3. The Morgan fingerprint density at radius 2 is 1.90 bits per heavy atom. The van der Waals surface area contributed by atoms with Crippen LogP contribution in [0.5, 0.6) is 23.0 Å². The van der Waals surface area contributed by atoms with E-state index in [2.05, 4.69) is 15.5 Å². The van der Waals surface area contributed by atoms with Gasteiger partial charge < -0.3 is 19.3 Å². The molecule has 1 aromatic heterocycles. The summed E-state index contributed by atoms with van der Waals surface area (Å²) in [7, 11) is 4.44. The number of benzene rings is 2. The number of carbonyl (C=O) groups excluding carboxylic acids is 1. The molecular formula is C20H20N4O6. The maximum absolute atomic E-state index is 12.7. The van der Waals surface area contributed by atoms with E-state index in [1.807, 2.05) is 0 Å². The van der Waals surface area contributed by atoms with Gasteiger partial charge in [-0.15, -0.1) is 0 Å². The number of phenols is 1. The highest BCUT2D eigenvalue weighted by Gasteiger charge is 2.12. The molecule has 0 saturated carbocycles. The van der Waals surface area contributed by atoms with Crippen LogP contribution in [0.4, 0.5) is 0 Å². The highest BCUT2D eigenvalue weighted by molar-refractivity contribution is 5.85. The molecule has 10 heteroatoms. The van der Waals surface area contributed by atoms with Crippen LogP contribution in [0.15, 0.2) is 46.6 Å². The smallest absolute Gasteiger partial charge is 0.261 e. The van der Waals surface area contributed by atoms with Crippen LogP contribution in [-0.4, -0.2) is 48.1 Å². The number of nitrogens with one attached hydrogen (secondary N) is 1. The lowest BCUT2D eigenvalue weighted by molar-refractivity contribution is -0.121. The number of hydrogen-bond acceptors (Lipinski definition) is 8. The Bertz CT molecular complexity index is 1170. The molecule has 0 radical (unpaired) electrons. The van der Waals surface area contributed by atoms with Crippen LogP contribution in [0.25, 0.3) is 10.9 Å². The molecule has 0 spiro atoms. The first-order valence-electron chi connectivity index (χ1n) is 8.77. The molecule has 0 fully saturated rings. The molecule has 30 heavy (non-hydrogen) atoms. The van der Waals surface area contributed by atoms with Gasteiger partial charge >= 0.3 is 0 Å². The van der Waals surface area contributed by atoms with Gasteiger partial charge in [0.1, 0.15) is 18.0 Å². The van der Waals surface area contributed by atoms with Gasteiger partial charge in [0.15, 0.2) is 11.5 Å². The molecule has 0 aliphatic heterocycles. The number of rotatable bonds is 7. The lowest BCUT2D eigenvalue weighted by atomic mass is 10.2. The average molecular weight is 412 g/mol. The number of nitrogens with zero attached hydrogens (tertiary/aromatic N) is 3. The monoisotopic (exact) mass is 412 g/mol. The van der Waals surface area contributed by atoms with Crippen LogP contribution in [0.3, 0.4) is 0 Å². The van der Waals surface area contributed by atoms with E-state index in [-0.39, 0.29) is 17.7 Å². The zero-order valence-corrected chi connectivity index (χ0v) is 16.6. The largest absolute Gasteiger partial charge is 0.507 e. The number of aromatic hydroxyl groups is 1. The SMILES string of the molecule is COc1ccc(/C=N/NC(=O)Cn2cnc3cc(OC)c(OC)cc3c2=O)c(O)c1. The van der Waals surface area contributed by atoms with Crippen molar-refractivity contribution in [1.29, 1.82) is 0 Å². The van der Waals surface area contributed by atoms with Crippen molar-refractivity contribution in [1.82, 2.24) is 15.0 Å². The van der Waals surface area contributed by atoms with Crippen molar-refractivity contribution in [3.05, 3.63) is 52.6 Å². The molecule has 0 aliphatic rings. The Morgan fingerprint density at radius 1 is 1.17 bits per heavy atom. The third-order valence-electron chi connectivity index (χ3n) is 4.27. The summed E-state index contributed by atoms with van der Waals surface area (Å²) in [6.07, 6.45) is 2.56. The molecule has 10 nitrogen and oxygen atoms in total. The standard InChI is InChI=1S/C20H20N4O6/c1-28-13-5-4-12(16(25)6-13)9-22-23-19(26)10-24-11-21-15-8-18(30-3)17(29-2)7-14(15)20(24)27/h4-9,11,25H,10H2,1-3H3,(H,23,26)/b22-9+. The second-order valence-electron chi connectivity index (χ2n) is 6.12. The van der Waals surface area contributed by atoms with Crippen molar-refractivity contribution in [2.75, 3.05) is 21.3 Å². The van der Waals surface area contributed by atoms with E-state index in [0.29, 0.717) is 28.3 Å². The molecular weight excluding hydrogens is 392 g/mol. The summed E-state index contributed by atoms with van der Waals surface area (Å²) < 4.78 is 16.6. The fraction of sp³-hybridized carbons (Fsp3) is 0.200. The Kier molecular flexibility index (Phi) is 6.16. The normalized spacial score (nSPS) is 10.9. The van der Waals surface area contributed by atoms with Crippen molar-refractivity contribution < 1.29 is 24.1 Å². The molecule has 2 aromatic carbocycles. The van der Waals surface area contributed by atoms with E-state index in [0.717, 1.165) is 4.57 Å². The maximum Gasteiger partial charge on any atom is 0.261 e. The van der Waals surface area contributed by atoms with Crippen LogP contribution in [-0.2, 0) is 11.3 Å². The van der Waals surface area contributed by atoms with E-state index in [1.54, 1.807) is 18.2 Å². The van der Waals surface area contributed by atoms with Crippen LogP contribution in [0.2, 0.25) is 0 Å². The third kappa shape index (κ3) is 4.32. The number of ether oxygens (including phenoxy) is 3. The fourth-order valence-corrected chi connectivity index (χ4v) is 2.72. The minimum atomic E-state index is -0.539. The van der Waals surface area contributed by atoms with Gasteiger partial charge in [-0.25, -0.2) is 10.4 Å². The third-order valence-corrected chi connectivity index (χ3v) is 4.27. The van der Waals surface area contributed by atoms with Crippen molar-refractivity contribution in [3.63, 3.8) is 0 Å². The van der Waals surface area contributed by atoms with Gasteiger partial charge in [-0.3, -0.25) is 14.2 Å².